The SMILES string of the molecule is Cc1nn(C)c2nc(-c3cccs3)cc(C(=O)N3CCCc4cc(F)cc(F)c43)c12. The molecular weight excluding hydrogens is 406 g/mol. The summed E-state index contributed by atoms with van der Waals surface area (Å²) in [4.78, 5) is 20.8. The van der Waals surface area contributed by atoms with Gasteiger partial charge in [-0.15, -0.1) is 11.3 Å². The van der Waals surface area contributed by atoms with Gasteiger partial charge in [0.1, 0.15) is 11.6 Å². The molecular formula is C22H18F2N4OS. The van der Waals surface area contributed by atoms with Crippen LogP contribution in [0.4, 0.5) is 14.5 Å². The van der Waals surface area contributed by atoms with Crippen LogP contribution in [-0.4, -0.2) is 27.2 Å². The zero-order chi connectivity index (χ0) is 21.0. The van der Waals surface area contributed by atoms with Gasteiger partial charge in [0.2, 0.25) is 0 Å². The number of nitrogens with zero attached hydrogens (tertiary/aromatic N) is 4. The molecule has 5 nitrogen and oxygen atoms in total. The highest BCUT2D eigenvalue weighted by Crippen LogP contribution is 2.35. The van der Waals surface area contributed by atoms with E-state index in [0.717, 1.165) is 10.9 Å². The minimum Gasteiger partial charge on any atom is -0.305 e. The number of anilines is 1. The minimum absolute atomic E-state index is 0.164. The zero-order valence-corrected chi connectivity index (χ0v) is 17.3. The Kier molecular flexibility index (Phi) is 4.39. The van der Waals surface area contributed by atoms with Gasteiger partial charge in [-0.25, -0.2) is 13.8 Å². The van der Waals surface area contributed by atoms with E-state index in [1.165, 1.54) is 22.3 Å². The van der Waals surface area contributed by atoms with Crippen molar-refractivity contribution in [2.75, 3.05) is 11.4 Å². The highest BCUT2D eigenvalue weighted by Gasteiger charge is 2.30. The van der Waals surface area contributed by atoms with Crippen LogP contribution in [0.5, 0.6) is 0 Å². The number of hydrogen-bond donors (Lipinski definition) is 0. The first-order valence-corrected chi connectivity index (χ1v) is 10.5. The molecule has 30 heavy (non-hydrogen) atoms. The van der Waals surface area contributed by atoms with E-state index < -0.39 is 11.6 Å². The van der Waals surface area contributed by atoms with Crippen molar-refractivity contribution in [1.82, 2.24) is 14.8 Å². The number of rotatable bonds is 2. The first kappa shape index (κ1) is 18.9. The van der Waals surface area contributed by atoms with Gasteiger partial charge in [0.05, 0.1) is 32.9 Å². The molecule has 0 N–H and O–H groups in total. The second-order valence-electron chi connectivity index (χ2n) is 7.40. The van der Waals surface area contributed by atoms with E-state index >= 15 is 0 Å². The maximum absolute atomic E-state index is 14.7. The Morgan fingerprint density at radius 3 is 2.83 bits per heavy atom. The Balaban J connectivity index is 1.72. The largest absolute Gasteiger partial charge is 0.305 e. The summed E-state index contributed by atoms with van der Waals surface area (Å²) >= 11 is 1.53. The van der Waals surface area contributed by atoms with Crippen molar-refractivity contribution >= 4 is 34.0 Å². The topological polar surface area (TPSA) is 51.0 Å². The van der Waals surface area contributed by atoms with E-state index in [4.69, 9.17) is 4.98 Å². The molecule has 3 aromatic heterocycles. The maximum atomic E-state index is 14.7. The highest BCUT2D eigenvalue weighted by molar-refractivity contribution is 7.13. The number of halogens is 2. The van der Waals surface area contributed by atoms with Crippen LogP contribution < -0.4 is 4.90 Å². The molecule has 0 radical (unpaired) electrons. The van der Waals surface area contributed by atoms with Crippen LogP contribution >= 0.6 is 11.3 Å². The fourth-order valence-corrected chi connectivity index (χ4v) is 4.85. The third-order valence-electron chi connectivity index (χ3n) is 5.42. The number of aryl methyl sites for hydroxylation is 3. The lowest BCUT2D eigenvalue weighted by atomic mass is 9.99. The summed E-state index contributed by atoms with van der Waals surface area (Å²) in [5.74, 6) is -1.68. The number of carbonyl (C=O) groups is 1. The molecule has 5 rings (SSSR count). The molecule has 0 saturated heterocycles. The van der Waals surface area contributed by atoms with Crippen LogP contribution in [0, 0.1) is 18.6 Å². The molecule has 0 spiro atoms. The predicted octanol–water partition coefficient (Wildman–Crippen LogP) is 4.88. The van der Waals surface area contributed by atoms with Crippen molar-refractivity contribution in [2.45, 2.75) is 19.8 Å². The summed E-state index contributed by atoms with van der Waals surface area (Å²) in [6.45, 7) is 2.19. The lowest BCUT2D eigenvalue weighted by molar-refractivity contribution is 0.0985. The molecule has 1 amide bonds. The lowest BCUT2D eigenvalue weighted by Gasteiger charge is -2.30. The molecule has 0 aliphatic carbocycles. The van der Waals surface area contributed by atoms with Crippen LogP contribution in [0.15, 0.2) is 35.7 Å². The standard InChI is InChI=1S/C22H18F2N4OS/c1-12-19-15(11-17(18-6-4-8-30-18)25-21(19)27(2)26-12)22(29)28-7-3-5-13-9-14(23)10-16(24)20(13)28/h4,6,8-11H,3,5,7H2,1-2H3. The molecule has 0 fully saturated rings. The summed E-state index contributed by atoms with van der Waals surface area (Å²) in [7, 11) is 1.79. The quantitative estimate of drug-likeness (QED) is 0.461. The average Bonchev–Trinajstić information content (AvgIpc) is 3.35. The van der Waals surface area contributed by atoms with Gasteiger partial charge >= 0.3 is 0 Å². The first-order chi connectivity index (χ1) is 14.4. The lowest BCUT2D eigenvalue weighted by Crippen LogP contribution is -2.36. The number of fused-ring (bicyclic) bond motifs is 2. The van der Waals surface area contributed by atoms with Crippen LogP contribution in [0.1, 0.15) is 28.0 Å². The van der Waals surface area contributed by atoms with E-state index in [2.05, 4.69) is 5.10 Å². The van der Waals surface area contributed by atoms with Gasteiger partial charge in [-0.05, 0) is 48.9 Å². The smallest absolute Gasteiger partial charge is 0.259 e. The van der Waals surface area contributed by atoms with Crippen molar-refractivity contribution in [1.29, 1.82) is 0 Å². The van der Waals surface area contributed by atoms with E-state index in [0.29, 0.717) is 52.9 Å². The summed E-state index contributed by atoms with van der Waals surface area (Å²) in [6.07, 6.45) is 1.17. The summed E-state index contributed by atoms with van der Waals surface area (Å²) in [5.41, 5.74) is 3.04. The third kappa shape index (κ3) is 2.90. The second kappa shape index (κ2) is 6.98. The molecule has 1 aliphatic heterocycles. The van der Waals surface area contributed by atoms with Crippen molar-refractivity contribution < 1.29 is 13.6 Å². The molecule has 0 bridgehead atoms. The molecule has 1 aromatic carbocycles. The Hall–Kier alpha value is -3.13. The number of thiophene rings is 1. The zero-order valence-electron chi connectivity index (χ0n) is 16.4. The number of benzene rings is 1. The third-order valence-corrected chi connectivity index (χ3v) is 6.32. The van der Waals surface area contributed by atoms with Gasteiger partial charge in [0, 0.05) is 19.7 Å². The van der Waals surface area contributed by atoms with E-state index in [-0.39, 0.29) is 11.6 Å². The predicted molar refractivity (Wildman–Crippen MR) is 113 cm³/mol. The number of hydrogen-bond acceptors (Lipinski definition) is 4. The van der Waals surface area contributed by atoms with Crippen LogP contribution in [0.25, 0.3) is 21.6 Å². The van der Waals surface area contributed by atoms with Gasteiger partial charge in [-0.1, -0.05) is 6.07 Å². The van der Waals surface area contributed by atoms with Crippen molar-refractivity contribution in [3.63, 3.8) is 0 Å². The van der Waals surface area contributed by atoms with Gasteiger partial charge in [0.25, 0.3) is 5.91 Å². The Bertz CT molecular complexity index is 1300. The minimum atomic E-state index is -0.718. The van der Waals surface area contributed by atoms with Gasteiger partial charge in [0.15, 0.2) is 5.65 Å². The number of amides is 1. The Morgan fingerprint density at radius 1 is 1.23 bits per heavy atom. The normalized spacial score (nSPS) is 13.7. The van der Waals surface area contributed by atoms with Gasteiger partial charge in [-0.3, -0.25) is 9.48 Å². The Morgan fingerprint density at radius 2 is 2.07 bits per heavy atom. The molecule has 0 atom stereocenters. The van der Waals surface area contributed by atoms with Crippen molar-refractivity contribution in [2.24, 2.45) is 7.05 Å². The molecule has 4 aromatic rings. The highest BCUT2D eigenvalue weighted by atomic mass is 32.1. The van der Waals surface area contributed by atoms with Crippen LogP contribution in [-0.2, 0) is 13.5 Å². The molecule has 1 aliphatic rings. The average molecular weight is 424 g/mol. The van der Waals surface area contributed by atoms with E-state index in [1.54, 1.807) is 17.8 Å². The molecule has 4 heterocycles. The number of aromatic nitrogens is 3. The monoisotopic (exact) mass is 424 g/mol. The van der Waals surface area contributed by atoms with Gasteiger partial charge in [-0.2, -0.15) is 5.10 Å². The van der Waals surface area contributed by atoms with E-state index in [9.17, 15) is 13.6 Å². The maximum Gasteiger partial charge on any atom is 0.259 e. The fourth-order valence-electron chi connectivity index (χ4n) is 4.16. The van der Waals surface area contributed by atoms with Crippen LogP contribution in [0.2, 0.25) is 0 Å². The molecule has 0 unspecified atom stereocenters. The fraction of sp³-hybridized carbons (Fsp3) is 0.227. The first-order valence-electron chi connectivity index (χ1n) is 9.62. The summed E-state index contributed by atoms with van der Waals surface area (Å²) < 4.78 is 30.1. The summed E-state index contributed by atoms with van der Waals surface area (Å²) in [6, 6.07) is 7.76. The summed E-state index contributed by atoms with van der Waals surface area (Å²) in [5, 5.41) is 7.03. The van der Waals surface area contributed by atoms with Crippen molar-refractivity contribution in [3.05, 3.63) is 64.2 Å². The molecule has 8 heteroatoms. The van der Waals surface area contributed by atoms with E-state index in [1.807, 2.05) is 24.4 Å². The second-order valence-corrected chi connectivity index (χ2v) is 8.34. The number of pyridine rings is 1. The molecule has 152 valence electrons. The molecule has 0 saturated carbocycles. The number of carbonyl (C=O) groups excluding carboxylic acids is 1. The van der Waals surface area contributed by atoms with Gasteiger partial charge < -0.3 is 4.90 Å². The Labute approximate surface area is 175 Å². The van der Waals surface area contributed by atoms with Crippen LogP contribution in [0.3, 0.4) is 0 Å². The van der Waals surface area contributed by atoms with Crippen molar-refractivity contribution in [3.8, 4) is 10.6 Å².